The number of anilines is 1. The summed E-state index contributed by atoms with van der Waals surface area (Å²) in [5, 5.41) is 9.12. The Morgan fingerprint density at radius 1 is 1.22 bits per heavy atom. The van der Waals surface area contributed by atoms with Crippen LogP contribution in [0, 0.1) is 12.8 Å². The lowest BCUT2D eigenvalue weighted by atomic mass is 10.0. The van der Waals surface area contributed by atoms with E-state index in [1.165, 1.54) is 0 Å². The van der Waals surface area contributed by atoms with Crippen molar-refractivity contribution in [1.82, 2.24) is 10.5 Å². The van der Waals surface area contributed by atoms with Crippen molar-refractivity contribution in [2.75, 3.05) is 5.32 Å². The zero-order valence-corrected chi connectivity index (χ0v) is 14.7. The van der Waals surface area contributed by atoms with E-state index in [1.807, 2.05) is 13.8 Å². The van der Waals surface area contributed by atoms with Gasteiger partial charge < -0.3 is 15.2 Å². The second kappa shape index (κ2) is 7.41. The van der Waals surface area contributed by atoms with Crippen molar-refractivity contribution in [3.63, 3.8) is 0 Å². The van der Waals surface area contributed by atoms with E-state index in [0.29, 0.717) is 17.1 Å². The Kier molecular flexibility index (Phi) is 5.54. The minimum atomic E-state index is -0.678. The Balaban J connectivity index is 2.07. The summed E-state index contributed by atoms with van der Waals surface area (Å²) in [5.74, 6) is 0.208. The molecule has 1 aromatic heterocycles. The Morgan fingerprint density at radius 2 is 1.87 bits per heavy atom. The first-order valence-electron chi connectivity index (χ1n) is 7.17. The summed E-state index contributed by atoms with van der Waals surface area (Å²) in [6.45, 7) is 5.46. The number of aromatic nitrogens is 1. The first-order valence-corrected chi connectivity index (χ1v) is 7.96. The molecule has 23 heavy (non-hydrogen) atoms. The van der Waals surface area contributed by atoms with Crippen LogP contribution in [0.3, 0.4) is 0 Å². The van der Waals surface area contributed by atoms with Crippen LogP contribution in [-0.4, -0.2) is 23.0 Å². The standard InChI is InChI=1S/C16H18BrN3O3/c1-9(2)14(16(22)18-13-8-10(3)23-20-13)19-15(21)11-4-6-12(17)7-5-11/h4-9,14H,1-3H3,(H,19,21)(H,18,20,22)/t14-/m0/s1. The van der Waals surface area contributed by atoms with E-state index in [-0.39, 0.29) is 17.7 Å². The molecule has 0 aliphatic carbocycles. The van der Waals surface area contributed by atoms with Gasteiger partial charge in [-0.25, -0.2) is 0 Å². The maximum absolute atomic E-state index is 12.4. The molecule has 2 N–H and O–H groups in total. The van der Waals surface area contributed by atoms with Crippen LogP contribution >= 0.6 is 15.9 Å². The molecule has 1 heterocycles. The average Bonchev–Trinajstić information content (AvgIpc) is 2.89. The molecule has 122 valence electrons. The second-order valence-corrected chi connectivity index (χ2v) is 6.43. The van der Waals surface area contributed by atoms with E-state index in [1.54, 1.807) is 37.3 Å². The SMILES string of the molecule is Cc1cc(NC(=O)[C@@H](NC(=O)c2ccc(Br)cc2)C(C)C)no1. The lowest BCUT2D eigenvalue weighted by molar-refractivity contribution is -0.118. The van der Waals surface area contributed by atoms with Gasteiger partial charge in [-0.05, 0) is 37.1 Å². The van der Waals surface area contributed by atoms with Gasteiger partial charge in [0.05, 0.1) is 0 Å². The minimum Gasteiger partial charge on any atom is -0.360 e. The zero-order chi connectivity index (χ0) is 17.0. The summed E-state index contributed by atoms with van der Waals surface area (Å²) in [6, 6.07) is 7.87. The highest BCUT2D eigenvalue weighted by Crippen LogP contribution is 2.13. The maximum atomic E-state index is 12.4. The van der Waals surface area contributed by atoms with Crippen molar-refractivity contribution >= 4 is 33.6 Å². The number of nitrogens with zero attached hydrogens (tertiary/aromatic N) is 1. The van der Waals surface area contributed by atoms with Crippen LogP contribution in [0.25, 0.3) is 0 Å². The molecule has 1 atom stereocenters. The zero-order valence-electron chi connectivity index (χ0n) is 13.1. The Hall–Kier alpha value is -2.15. The molecule has 2 amide bonds. The second-order valence-electron chi connectivity index (χ2n) is 5.51. The van der Waals surface area contributed by atoms with E-state index in [2.05, 4.69) is 31.7 Å². The summed E-state index contributed by atoms with van der Waals surface area (Å²) in [4.78, 5) is 24.7. The third kappa shape index (κ3) is 4.66. The molecule has 0 bridgehead atoms. The minimum absolute atomic E-state index is 0.0811. The quantitative estimate of drug-likeness (QED) is 0.835. The topological polar surface area (TPSA) is 84.2 Å². The molecule has 0 fully saturated rings. The van der Waals surface area contributed by atoms with Crippen LogP contribution in [0.5, 0.6) is 0 Å². The number of carbonyl (C=O) groups excluding carboxylic acids is 2. The van der Waals surface area contributed by atoms with Crippen molar-refractivity contribution in [3.8, 4) is 0 Å². The number of halogens is 1. The van der Waals surface area contributed by atoms with E-state index >= 15 is 0 Å². The fraction of sp³-hybridized carbons (Fsp3) is 0.312. The van der Waals surface area contributed by atoms with Gasteiger partial charge in [-0.3, -0.25) is 9.59 Å². The highest BCUT2D eigenvalue weighted by Gasteiger charge is 2.25. The van der Waals surface area contributed by atoms with Crippen LogP contribution in [0.15, 0.2) is 39.3 Å². The predicted octanol–water partition coefficient (Wildman–Crippen LogP) is 3.14. The largest absolute Gasteiger partial charge is 0.360 e. The van der Waals surface area contributed by atoms with Gasteiger partial charge in [0.2, 0.25) is 5.91 Å². The Labute approximate surface area is 142 Å². The molecule has 0 radical (unpaired) electrons. The number of carbonyl (C=O) groups is 2. The molecule has 6 nitrogen and oxygen atoms in total. The number of benzene rings is 1. The smallest absolute Gasteiger partial charge is 0.251 e. The van der Waals surface area contributed by atoms with E-state index < -0.39 is 6.04 Å². The monoisotopic (exact) mass is 379 g/mol. The van der Waals surface area contributed by atoms with Crippen LogP contribution < -0.4 is 10.6 Å². The van der Waals surface area contributed by atoms with E-state index in [4.69, 9.17) is 4.52 Å². The van der Waals surface area contributed by atoms with E-state index in [9.17, 15) is 9.59 Å². The fourth-order valence-electron chi connectivity index (χ4n) is 1.99. The molecular weight excluding hydrogens is 362 g/mol. The van der Waals surface area contributed by atoms with Gasteiger partial charge in [0.15, 0.2) is 5.82 Å². The molecule has 0 aliphatic heterocycles. The van der Waals surface area contributed by atoms with Crippen molar-refractivity contribution in [2.24, 2.45) is 5.92 Å². The lowest BCUT2D eigenvalue weighted by Gasteiger charge is -2.21. The highest BCUT2D eigenvalue weighted by molar-refractivity contribution is 9.10. The molecule has 2 aromatic rings. The summed E-state index contributed by atoms with van der Waals surface area (Å²) in [6.07, 6.45) is 0. The molecule has 2 rings (SSSR count). The highest BCUT2D eigenvalue weighted by atomic mass is 79.9. The van der Waals surface area contributed by atoms with Crippen molar-refractivity contribution in [3.05, 3.63) is 46.1 Å². The summed E-state index contributed by atoms with van der Waals surface area (Å²) < 4.78 is 5.79. The number of hydrogen-bond donors (Lipinski definition) is 2. The molecular formula is C16H18BrN3O3. The third-order valence-electron chi connectivity index (χ3n) is 3.22. The van der Waals surface area contributed by atoms with Crippen LogP contribution in [0.1, 0.15) is 30.0 Å². The lowest BCUT2D eigenvalue weighted by Crippen LogP contribution is -2.47. The number of nitrogens with one attached hydrogen (secondary N) is 2. The van der Waals surface area contributed by atoms with Crippen molar-refractivity contribution in [2.45, 2.75) is 26.8 Å². The van der Waals surface area contributed by atoms with Crippen molar-refractivity contribution in [1.29, 1.82) is 0 Å². The Morgan fingerprint density at radius 3 is 2.39 bits per heavy atom. The molecule has 0 saturated heterocycles. The Bertz CT molecular complexity index is 695. The van der Waals surface area contributed by atoms with Gasteiger partial charge in [-0.15, -0.1) is 0 Å². The first-order chi connectivity index (χ1) is 10.9. The van der Waals surface area contributed by atoms with Gasteiger partial charge in [-0.2, -0.15) is 0 Å². The first kappa shape index (κ1) is 17.2. The van der Waals surface area contributed by atoms with Crippen LogP contribution in [-0.2, 0) is 4.79 Å². The predicted molar refractivity (Wildman–Crippen MR) is 90.1 cm³/mol. The third-order valence-corrected chi connectivity index (χ3v) is 3.75. The van der Waals surface area contributed by atoms with Gasteiger partial charge in [-0.1, -0.05) is 34.9 Å². The maximum Gasteiger partial charge on any atom is 0.251 e. The summed E-state index contributed by atoms with van der Waals surface area (Å²) in [7, 11) is 0. The van der Waals surface area contributed by atoms with E-state index in [0.717, 1.165) is 4.47 Å². The number of aryl methyl sites for hydroxylation is 1. The van der Waals surface area contributed by atoms with Gasteiger partial charge in [0.25, 0.3) is 5.91 Å². The van der Waals surface area contributed by atoms with Gasteiger partial charge in [0.1, 0.15) is 11.8 Å². The number of rotatable bonds is 5. The van der Waals surface area contributed by atoms with Gasteiger partial charge >= 0.3 is 0 Å². The summed E-state index contributed by atoms with van der Waals surface area (Å²) in [5.41, 5.74) is 0.490. The molecule has 0 saturated carbocycles. The van der Waals surface area contributed by atoms with Crippen molar-refractivity contribution < 1.29 is 14.1 Å². The normalized spacial score (nSPS) is 12.0. The summed E-state index contributed by atoms with van der Waals surface area (Å²) >= 11 is 3.32. The fourth-order valence-corrected chi connectivity index (χ4v) is 2.25. The number of amides is 2. The van der Waals surface area contributed by atoms with Gasteiger partial charge in [0, 0.05) is 16.1 Å². The molecule has 0 unspecified atom stereocenters. The van der Waals surface area contributed by atoms with Crippen LogP contribution in [0.4, 0.5) is 5.82 Å². The molecule has 7 heteroatoms. The molecule has 0 aliphatic rings. The molecule has 1 aromatic carbocycles. The van der Waals surface area contributed by atoms with Crippen LogP contribution in [0.2, 0.25) is 0 Å². The average molecular weight is 380 g/mol. The molecule has 0 spiro atoms. The number of hydrogen-bond acceptors (Lipinski definition) is 4.